The van der Waals surface area contributed by atoms with E-state index in [9.17, 15) is 13.5 Å². The smallest absolute Gasteiger partial charge is 0.179 e. The van der Waals surface area contributed by atoms with Crippen LogP contribution in [0.3, 0.4) is 0 Å². The number of aromatic nitrogens is 1. The first-order valence-corrected chi connectivity index (χ1v) is 13.5. The van der Waals surface area contributed by atoms with Crippen LogP contribution in [0.5, 0.6) is 0 Å². The van der Waals surface area contributed by atoms with Gasteiger partial charge in [0, 0.05) is 42.7 Å². The summed E-state index contributed by atoms with van der Waals surface area (Å²) in [7, 11) is 2.31. The van der Waals surface area contributed by atoms with E-state index in [1.54, 1.807) is 6.07 Å². The molecule has 1 aliphatic rings. The maximum absolute atomic E-state index is 13.8. The van der Waals surface area contributed by atoms with Crippen molar-refractivity contribution in [3.05, 3.63) is 53.9 Å². The van der Waals surface area contributed by atoms with Crippen molar-refractivity contribution >= 4 is 15.5 Å². The number of anilines is 1. The average Bonchev–Trinajstić information content (AvgIpc) is 2.82. The molecule has 3 rings (SSSR count). The van der Waals surface area contributed by atoms with E-state index in [2.05, 4.69) is 13.8 Å². The second-order valence-corrected chi connectivity index (χ2v) is 11.6. The molecule has 0 spiro atoms. The molecule has 32 heavy (non-hydrogen) atoms. The van der Waals surface area contributed by atoms with Crippen molar-refractivity contribution in [2.45, 2.75) is 69.3 Å². The highest BCUT2D eigenvalue weighted by molar-refractivity contribution is 7.91. The summed E-state index contributed by atoms with van der Waals surface area (Å²) in [5.41, 5.74) is 1.94. The number of pyridine rings is 1. The fourth-order valence-electron chi connectivity index (χ4n) is 5.19. The van der Waals surface area contributed by atoms with Crippen LogP contribution >= 0.6 is 0 Å². The van der Waals surface area contributed by atoms with E-state index in [-0.39, 0.29) is 5.75 Å². The third kappa shape index (κ3) is 4.86. The Hall–Kier alpha value is -1.92. The molecule has 176 valence electrons. The Labute approximate surface area is 194 Å². The molecule has 2 atom stereocenters. The van der Waals surface area contributed by atoms with E-state index in [1.807, 2.05) is 67.3 Å². The molecule has 1 N–H and O–H groups in total. The highest BCUT2D eigenvalue weighted by atomic mass is 32.2. The lowest BCUT2D eigenvalue weighted by atomic mass is 9.68. The summed E-state index contributed by atoms with van der Waals surface area (Å²) in [4.78, 5) is 2.35. The van der Waals surface area contributed by atoms with E-state index in [0.717, 1.165) is 36.9 Å². The van der Waals surface area contributed by atoms with Crippen LogP contribution in [-0.4, -0.2) is 39.5 Å². The molecule has 0 saturated carbocycles. The van der Waals surface area contributed by atoms with Crippen LogP contribution in [0.2, 0.25) is 0 Å². The molecule has 0 radical (unpaired) electrons. The summed E-state index contributed by atoms with van der Waals surface area (Å²) in [6.45, 7) is 4.25. The monoisotopic (exact) mass is 459 g/mol. The van der Waals surface area contributed by atoms with Crippen LogP contribution in [0.15, 0.2) is 47.6 Å². The van der Waals surface area contributed by atoms with Crippen LogP contribution in [0, 0.1) is 5.41 Å². The quantitative estimate of drug-likeness (QED) is 0.601. The Kier molecular flexibility index (Phi) is 7.66. The molecule has 0 unspecified atom stereocenters. The largest absolute Gasteiger partial charge is 0.392 e. The zero-order valence-electron chi connectivity index (χ0n) is 20.2. The SMILES string of the molecule is CCCCC1(CCCC)CS(=O)(=O)c2ccc(N(C)C)cc2[C@@H](c2ccc[n+](C)c2)[C@H]1O. The third-order valence-corrected chi connectivity index (χ3v) is 8.98. The van der Waals surface area contributed by atoms with E-state index >= 15 is 0 Å². The minimum Gasteiger partial charge on any atom is -0.392 e. The van der Waals surface area contributed by atoms with Crippen molar-refractivity contribution in [3.63, 3.8) is 0 Å². The molecule has 0 bridgehead atoms. The number of sulfone groups is 1. The van der Waals surface area contributed by atoms with Crippen molar-refractivity contribution in [2.75, 3.05) is 24.7 Å². The van der Waals surface area contributed by atoms with Gasteiger partial charge in [-0.05, 0) is 42.7 Å². The number of unbranched alkanes of at least 4 members (excludes halogenated alkanes) is 2. The van der Waals surface area contributed by atoms with E-state index in [1.165, 1.54) is 0 Å². The number of rotatable bonds is 8. The van der Waals surface area contributed by atoms with Crippen LogP contribution in [-0.2, 0) is 16.9 Å². The Morgan fingerprint density at radius 3 is 2.34 bits per heavy atom. The molecule has 0 fully saturated rings. The van der Waals surface area contributed by atoms with Crippen LogP contribution in [0.1, 0.15) is 69.4 Å². The molecule has 0 aliphatic carbocycles. The molecular weight excluding hydrogens is 420 g/mol. The Balaban J connectivity index is 2.31. The van der Waals surface area contributed by atoms with Crippen molar-refractivity contribution in [2.24, 2.45) is 12.5 Å². The normalized spacial score (nSPS) is 21.6. The number of fused-ring (bicyclic) bond motifs is 1. The van der Waals surface area contributed by atoms with Gasteiger partial charge in [0.05, 0.1) is 16.8 Å². The Bertz CT molecular complexity index is 1030. The predicted octanol–water partition coefficient (Wildman–Crippen LogP) is 4.22. The summed E-state index contributed by atoms with van der Waals surface area (Å²) in [5, 5.41) is 12.1. The highest BCUT2D eigenvalue weighted by Gasteiger charge is 2.49. The molecule has 1 aliphatic heterocycles. The third-order valence-electron chi connectivity index (χ3n) is 6.98. The molecule has 0 amide bonds. The van der Waals surface area contributed by atoms with Gasteiger partial charge in [0.25, 0.3) is 0 Å². The van der Waals surface area contributed by atoms with Gasteiger partial charge >= 0.3 is 0 Å². The second kappa shape index (κ2) is 9.92. The lowest BCUT2D eigenvalue weighted by Gasteiger charge is -2.40. The minimum absolute atomic E-state index is 0.00490. The predicted molar refractivity (Wildman–Crippen MR) is 130 cm³/mol. The highest BCUT2D eigenvalue weighted by Crippen LogP contribution is 2.49. The minimum atomic E-state index is -3.56. The number of aliphatic hydroxyl groups is 1. The lowest BCUT2D eigenvalue weighted by Crippen LogP contribution is -2.43. The van der Waals surface area contributed by atoms with Crippen molar-refractivity contribution in [1.82, 2.24) is 0 Å². The number of nitrogens with zero attached hydrogens (tertiary/aromatic N) is 2. The number of hydrogen-bond donors (Lipinski definition) is 1. The van der Waals surface area contributed by atoms with Crippen molar-refractivity contribution < 1.29 is 18.1 Å². The van der Waals surface area contributed by atoms with Gasteiger partial charge in [-0.3, -0.25) is 0 Å². The Morgan fingerprint density at radius 1 is 1.12 bits per heavy atom. The van der Waals surface area contributed by atoms with Crippen LogP contribution in [0.4, 0.5) is 5.69 Å². The van der Waals surface area contributed by atoms with Gasteiger partial charge in [0.1, 0.15) is 7.05 Å². The maximum atomic E-state index is 13.8. The first kappa shape index (κ1) is 24.7. The lowest BCUT2D eigenvalue weighted by molar-refractivity contribution is -0.672. The van der Waals surface area contributed by atoms with E-state index in [4.69, 9.17) is 0 Å². The van der Waals surface area contributed by atoms with Gasteiger partial charge in [-0.2, -0.15) is 0 Å². The molecule has 0 saturated heterocycles. The number of aryl methyl sites for hydroxylation is 1. The molecule has 1 aromatic heterocycles. The topological polar surface area (TPSA) is 61.5 Å². The zero-order chi connectivity index (χ0) is 23.5. The summed E-state index contributed by atoms with van der Waals surface area (Å²) < 4.78 is 29.5. The zero-order valence-corrected chi connectivity index (χ0v) is 21.0. The average molecular weight is 460 g/mol. The first-order chi connectivity index (χ1) is 15.1. The maximum Gasteiger partial charge on any atom is 0.179 e. The van der Waals surface area contributed by atoms with Crippen LogP contribution < -0.4 is 9.47 Å². The molecule has 2 aromatic rings. The van der Waals surface area contributed by atoms with Gasteiger partial charge < -0.3 is 10.0 Å². The number of hydrogen-bond acceptors (Lipinski definition) is 4. The van der Waals surface area contributed by atoms with E-state index in [0.29, 0.717) is 23.3 Å². The summed E-state index contributed by atoms with van der Waals surface area (Å²) >= 11 is 0. The summed E-state index contributed by atoms with van der Waals surface area (Å²) in [6.07, 6.45) is 8.39. The number of aliphatic hydroxyl groups excluding tert-OH is 1. The standard InChI is InChI=1S/C26H39N2O3S/c1-6-8-14-26(15-9-7-2)19-32(30,31)23-13-12-21(27(3)4)17-22(23)24(25(26)29)20-11-10-16-28(5)18-20/h10-13,16-18,24-25,29H,6-9,14-15,19H2,1-5H3/q+1/t24-,25-/m1/s1. The van der Waals surface area contributed by atoms with E-state index < -0.39 is 27.3 Å². The van der Waals surface area contributed by atoms with Gasteiger partial charge in [-0.1, -0.05) is 39.5 Å². The van der Waals surface area contributed by atoms with Gasteiger partial charge in [0.2, 0.25) is 0 Å². The van der Waals surface area contributed by atoms with Gasteiger partial charge in [-0.15, -0.1) is 0 Å². The van der Waals surface area contributed by atoms with Crippen LogP contribution in [0.25, 0.3) is 0 Å². The first-order valence-electron chi connectivity index (χ1n) is 11.8. The second-order valence-electron chi connectivity index (χ2n) is 9.67. The summed E-state index contributed by atoms with van der Waals surface area (Å²) in [6, 6.07) is 9.57. The van der Waals surface area contributed by atoms with Gasteiger partial charge in [-0.25, -0.2) is 13.0 Å². The fourth-order valence-corrected chi connectivity index (χ4v) is 7.38. The van der Waals surface area contributed by atoms with Crippen molar-refractivity contribution in [3.8, 4) is 0 Å². The molecule has 6 heteroatoms. The Morgan fingerprint density at radius 2 is 1.78 bits per heavy atom. The molecular formula is C26H39N2O3S+. The molecule has 5 nitrogen and oxygen atoms in total. The van der Waals surface area contributed by atoms with Crippen molar-refractivity contribution in [1.29, 1.82) is 0 Å². The fraction of sp³-hybridized carbons (Fsp3) is 0.577. The molecule has 1 aromatic carbocycles. The number of benzene rings is 1. The summed E-state index contributed by atoms with van der Waals surface area (Å²) in [5.74, 6) is -0.395. The molecule has 2 heterocycles. The van der Waals surface area contributed by atoms with Gasteiger partial charge in [0.15, 0.2) is 22.2 Å².